The maximum atomic E-state index is 12.4. The Hall–Kier alpha value is -1.01. The molecular weight excluding hydrogens is 268 g/mol. The first-order valence-electron chi connectivity index (χ1n) is 6.01. The predicted molar refractivity (Wildman–Crippen MR) is 72.8 cm³/mol. The van der Waals surface area contributed by atoms with Gasteiger partial charge in [-0.3, -0.25) is 9.59 Å². The summed E-state index contributed by atoms with van der Waals surface area (Å²) in [5.74, 6) is 0.631. The monoisotopic (exact) mass is 282 g/mol. The lowest BCUT2D eigenvalue weighted by atomic mass is 10.1. The van der Waals surface area contributed by atoms with Crippen molar-refractivity contribution in [3.8, 4) is 0 Å². The van der Waals surface area contributed by atoms with Crippen molar-refractivity contribution in [3.63, 3.8) is 0 Å². The summed E-state index contributed by atoms with van der Waals surface area (Å²) in [7, 11) is 0. The van der Waals surface area contributed by atoms with Gasteiger partial charge in [0.05, 0.1) is 6.04 Å². The Morgan fingerprint density at radius 1 is 1.50 bits per heavy atom. The summed E-state index contributed by atoms with van der Waals surface area (Å²) < 4.78 is 0. The maximum Gasteiger partial charge on any atom is 0.279 e. The van der Waals surface area contributed by atoms with Gasteiger partial charge < -0.3 is 10.2 Å². The van der Waals surface area contributed by atoms with Crippen molar-refractivity contribution in [3.05, 3.63) is 22.4 Å². The molecule has 1 N–H and O–H groups in total. The van der Waals surface area contributed by atoms with E-state index in [0.29, 0.717) is 5.75 Å². The molecule has 0 aliphatic carbocycles. The van der Waals surface area contributed by atoms with Gasteiger partial charge in [0.2, 0.25) is 5.91 Å². The molecule has 18 heavy (non-hydrogen) atoms. The van der Waals surface area contributed by atoms with Gasteiger partial charge in [-0.1, -0.05) is 11.8 Å². The number of nitrogens with zero attached hydrogens (tertiary/aromatic N) is 1. The summed E-state index contributed by atoms with van der Waals surface area (Å²) in [6, 6.07) is 1.95. The van der Waals surface area contributed by atoms with Gasteiger partial charge in [0, 0.05) is 12.3 Å². The quantitative estimate of drug-likeness (QED) is 0.905. The number of thioether (sulfide) groups is 1. The first-order valence-corrected chi connectivity index (χ1v) is 7.94. The van der Waals surface area contributed by atoms with E-state index in [9.17, 15) is 9.59 Å². The number of amides is 2. The van der Waals surface area contributed by atoms with Crippen molar-refractivity contribution >= 4 is 34.2 Å². The number of hydrogen-bond donors (Lipinski definition) is 1. The van der Waals surface area contributed by atoms with Crippen molar-refractivity contribution in [1.82, 2.24) is 10.2 Å². The highest BCUT2D eigenvalue weighted by molar-refractivity contribution is 8.14. The molecule has 96 valence electrons. The Bertz CT molecular complexity index is 461. The Morgan fingerprint density at radius 2 is 2.39 bits per heavy atom. The molecule has 6 heteroatoms. The van der Waals surface area contributed by atoms with Gasteiger partial charge in [-0.2, -0.15) is 11.3 Å². The van der Waals surface area contributed by atoms with E-state index in [1.54, 1.807) is 11.3 Å². The third kappa shape index (κ3) is 2.14. The summed E-state index contributed by atoms with van der Waals surface area (Å²) in [5.41, 5.74) is 1.22. The molecule has 2 unspecified atom stereocenters. The SMILES string of the molecule is O=C1NC(C(=O)N2CCCC2c2ccsc2)CS1. The first-order chi connectivity index (χ1) is 8.75. The standard InChI is InChI=1S/C12H14N2O2S2/c15-11(9-7-18-12(16)13-9)14-4-1-2-10(14)8-3-5-17-6-8/h3,5-6,9-10H,1-2,4,7H2,(H,13,16). The van der Waals surface area contributed by atoms with E-state index < -0.39 is 0 Å². The second-order valence-electron chi connectivity index (χ2n) is 4.54. The van der Waals surface area contributed by atoms with Crippen LogP contribution >= 0.6 is 23.1 Å². The fourth-order valence-corrected chi connectivity index (χ4v) is 4.04. The van der Waals surface area contributed by atoms with Crippen molar-refractivity contribution in [2.24, 2.45) is 0 Å². The van der Waals surface area contributed by atoms with Gasteiger partial charge in [-0.15, -0.1) is 0 Å². The zero-order chi connectivity index (χ0) is 12.5. The molecule has 2 saturated heterocycles. The first kappa shape index (κ1) is 12.0. The summed E-state index contributed by atoms with van der Waals surface area (Å²) in [6.07, 6.45) is 2.07. The topological polar surface area (TPSA) is 49.4 Å². The second kappa shape index (κ2) is 4.93. The van der Waals surface area contributed by atoms with E-state index in [1.807, 2.05) is 10.3 Å². The van der Waals surface area contributed by atoms with Gasteiger partial charge >= 0.3 is 0 Å². The van der Waals surface area contributed by atoms with Gasteiger partial charge in [0.15, 0.2) is 0 Å². The van der Waals surface area contributed by atoms with E-state index in [1.165, 1.54) is 17.3 Å². The number of thiophene rings is 1. The second-order valence-corrected chi connectivity index (χ2v) is 6.31. The van der Waals surface area contributed by atoms with Crippen molar-refractivity contribution in [2.45, 2.75) is 24.9 Å². The average Bonchev–Trinajstić information content (AvgIpc) is 3.08. The minimum Gasteiger partial charge on any atom is -0.334 e. The number of carbonyl (C=O) groups excluding carboxylic acids is 2. The molecule has 4 nitrogen and oxygen atoms in total. The summed E-state index contributed by atoms with van der Waals surface area (Å²) >= 11 is 2.86. The van der Waals surface area contributed by atoms with Gasteiger partial charge in [0.1, 0.15) is 6.04 Å². The summed E-state index contributed by atoms with van der Waals surface area (Å²) in [4.78, 5) is 25.5. The minimum absolute atomic E-state index is 0.0713. The average molecular weight is 282 g/mol. The lowest BCUT2D eigenvalue weighted by Gasteiger charge is -2.26. The molecule has 0 saturated carbocycles. The van der Waals surface area contributed by atoms with E-state index in [4.69, 9.17) is 0 Å². The molecule has 3 heterocycles. The fraction of sp³-hybridized carbons (Fsp3) is 0.500. The normalized spacial score (nSPS) is 27.6. The number of nitrogens with one attached hydrogen (secondary N) is 1. The highest BCUT2D eigenvalue weighted by atomic mass is 32.2. The van der Waals surface area contributed by atoms with E-state index in [-0.39, 0.29) is 23.2 Å². The van der Waals surface area contributed by atoms with Crippen LogP contribution in [0.4, 0.5) is 4.79 Å². The van der Waals surface area contributed by atoms with Gasteiger partial charge in [-0.25, -0.2) is 0 Å². The van der Waals surface area contributed by atoms with Crippen LogP contribution in [-0.2, 0) is 4.79 Å². The minimum atomic E-state index is -0.332. The smallest absolute Gasteiger partial charge is 0.279 e. The Morgan fingerprint density at radius 3 is 3.06 bits per heavy atom. The number of rotatable bonds is 2. The van der Waals surface area contributed by atoms with Crippen LogP contribution in [0.15, 0.2) is 16.8 Å². The van der Waals surface area contributed by atoms with Crippen molar-refractivity contribution in [2.75, 3.05) is 12.3 Å². The van der Waals surface area contributed by atoms with Crippen LogP contribution in [0.2, 0.25) is 0 Å². The van der Waals surface area contributed by atoms with Crippen LogP contribution in [-0.4, -0.2) is 34.4 Å². The summed E-state index contributed by atoms with van der Waals surface area (Å²) in [5, 5.41) is 6.80. The molecule has 2 aliphatic rings. The molecule has 1 aromatic rings. The van der Waals surface area contributed by atoms with E-state index >= 15 is 0 Å². The molecule has 3 rings (SSSR count). The van der Waals surface area contributed by atoms with Crippen LogP contribution < -0.4 is 5.32 Å². The predicted octanol–water partition coefficient (Wildman–Crippen LogP) is 2.24. The molecule has 2 fully saturated rings. The molecule has 2 atom stereocenters. The highest BCUT2D eigenvalue weighted by Gasteiger charge is 2.37. The van der Waals surface area contributed by atoms with E-state index in [2.05, 4.69) is 16.8 Å². The number of carbonyl (C=O) groups is 2. The zero-order valence-electron chi connectivity index (χ0n) is 9.80. The molecule has 0 bridgehead atoms. The molecule has 0 spiro atoms. The fourth-order valence-electron chi connectivity index (χ4n) is 2.56. The zero-order valence-corrected chi connectivity index (χ0v) is 11.4. The number of hydrogen-bond acceptors (Lipinski definition) is 4. The summed E-state index contributed by atoms with van der Waals surface area (Å²) in [6.45, 7) is 0.802. The lowest BCUT2D eigenvalue weighted by Crippen LogP contribution is -2.45. The van der Waals surface area contributed by atoms with Crippen LogP contribution in [0.3, 0.4) is 0 Å². The maximum absolute atomic E-state index is 12.4. The van der Waals surface area contributed by atoms with Crippen molar-refractivity contribution < 1.29 is 9.59 Å². The lowest BCUT2D eigenvalue weighted by molar-refractivity contribution is -0.133. The highest BCUT2D eigenvalue weighted by Crippen LogP contribution is 2.34. The number of likely N-dealkylation sites (tertiary alicyclic amines) is 1. The van der Waals surface area contributed by atoms with Crippen LogP contribution in [0, 0.1) is 0 Å². The molecular formula is C12H14N2O2S2. The molecule has 0 aromatic carbocycles. The largest absolute Gasteiger partial charge is 0.334 e. The Labute approximate surface area is 114 Å². The molecule has 0 radical (unpaired) electrons. The van der Waals surface area contributed by atoms with E-state index in [0.717, 1.165) is 19.4 Å². The third-order valence-electron chi connectivity index (χ3n) is 3.44. The Kier molecular flexibility index (Phi) is 3.30. The van der Waals surface area contributed by atoms with Crippen LogP contribution in [0.1, 0.15) is 24.4 Å². The third-order valence-corrected chi connectivity index (χ3v) is 5.02. The van der Waals surface area contributed by atoms with Crippen molar-refractivity contribution in [1.29, 1.82) is 0 Å². The van der Waals surface area contributed by atoms with Crippen LogP contribution in [0.5, 0.6) is 0 Å². The van der Waals surface area contributed by atoms with Gasteiger partial charge in [-0.05, 0) is 35.2 Å². The molecule has 1 aromatic heterocycles. The van der Waals surface area contributed by atoms with Crippen LogP contribution in [0.25, 0.3) is 0 Å². The van der Waals surface area contributed by atoms with Gasteiger partial charge in [0.25, 0.3) is 5.24 Å². The Balaban J connectivity index is 1.75. The molecule has 2 amide bonds. The molecule has 2 aliphatic heterocycles.